The molecule has 1 aromatic rings. The molecule has 0 bridgehead atoms. The normalized spacial score (nSPS) is 45.4. The minimum atomic E-state index is 0.623. The molecule has 3 aliphatic rings. The fourth-order valence-corrected chi connectivity index (χ4v) is 6.00. The van der Waals surface area contributed by atoms with Crippen LogP contribution < -0.4 is 0 Å². The maximum absolute atomic E-state index is 2.58. The van der Waals surface area contributed by atoms with E-state index in [1.54, 1.807) is 5.56 Å². The van der Waals surface area contributed by atoms with Gasteiger partial charge in [0.25, 0.3) is 0 Å². The molecule has 3 fully saturated rings. The molecule has 3 saturated carbocycles. The predicted molar refractivity (Wildman–Crippen MR) is 70.9 cm³/mol. The third kappa shape index (κ3) is 0.842. The molecule has 0 saturated heterocycles. The number of hydrogen-bond acceptors (Lipinski definition) is 0. The minimum absolute atomic E-state index is 0.623. The zero-order valence-electron chi connectivity index (χ0n) is 11.0. The summed E-state index contributed by atoms with van der Waals surface area (Å²) in [6.07, 6.45) is 7.40. The summed E-state index contributed by atoms with van der Waals surface area (Å²) in [5.74, 6) is 0.840. The molecule has 0 amide bonds. The van der Waals surface area contributed by atoms with E-state index in [0.717, 1.165) is 11.3 Å². The third-order valence-electron chi connectivity index (χ3n) is 7.10. The summed E-state index contributed by atoms with van der Waals surface area (Å²) in [7, 11) is 0. The van der Waals surface area contributed by atoms with Crippen LogP contribution in [0.4, 0.5) is 0 Å². The van der Waals surface area contributed by atoms with Crippen molar-refractivity contribution in [2.45, 2.75) is 51.9 Å². The summed E-state index contributed by atoms with van der Waals surface area (Å²) in [6.45, 7) is 5.15. The van der Waals surface area contributed by atoms with Crippen LogP contribution in [-0.2, 0) is 0 Å². The molecule has 0 aromatic heterocycles. The smallest absolute Gasteiger partial charge is 0.00914 e. The Bertz CT molecular complexity index is 454. The Morgan fingerprint density at radius 3 is 2.29 bits per heavy atom. The van der Waals surface area contributed by atoms with Crippen LogP contribution in [0.15, 0.2) is 30.3 Å². The van der Waals surface area contributed by atoms with Gasteiger partial charge in [0.2, 0.25) is 0 Å². The van der Waals surface area contributed by atoms with E-state index in [2.05, 4.69) is 44.2 Å². The molecule has 0 radical (unpaired) electrons. The highest BCUT2D eigenvalue weighted by molar-refractivity contribution is 5.44. The van der Waals surface area contributed by atoms with Crippen molar-refractivity contribution in [1.82, 2.24) is 0 Å². The average Bonchev–Trinajstić information content (AvgIpc) is 2.78. The second-order valence-electron chi connectivity index (χ2n) is 6.99. The standard InChI is InChI=1S/C17H22/c1-15-12-14(13-8-4-3-5-9-13)16(15,2)17(15)10-6-7-11-17/h3-5,8-9,14H,6-7,10-12H2,1-2H3. The molecule has 0 heterocycles. The van der Waals surface area contributed by atoms with Gasteiger partial charge >= 0.3 is 0 Å². The van der Waals surface area contributed by atoms with Crippen LogP contribution in [0.25, 0.3) is 0 Å². The van der Waals surface area contributed by atoms with Crippen molar-refractivity contribution in [3.63, 3.8) is 0 Å². The molecule has 3 unspecified atom stereocenters. The number of rotatable bonds is 1. The number of benzene rings is 1. The van der Waals surface area contributed by atoms with Gasteiger partial charge in [-0.15, -0.1) is 0 Å². The zero-order chi connectivity index (χ0) is 11.7. The molecule has 17 heavy (non-hydrogen) atoms. The molecular formula is C17H22. The Morgan fingerprint density at radius 1 is 1.00 bits per heavy atom. The van der Waals surface area contributed by atoms with E-state index in [1.807, 2.05) is 0 Å². The number of fused-ring (bicyclic) bond motifs is 3. The average molecular weight is 226 g/mol. The van der Waals surface area contributed by atoms with E-state index < -0.39 is 0 Å². The summed E-state index contributed by atoms with van der Waals surface area (Å²) in [4.78, 5) is 0. The number of hydrogen-bond donors (Lipinski definition) is 0. The largest absolute Gasteiger partial charge is 0.0622 e. The molecule has 3 aliphatic carbocycles. The van der Waals surface area contributed by atoms with E-state index in [4.69, 9.17) is 0 Å². The van der Waals surface area contributed by atoms with Crippen LogP contribution in [0.5, 0.6) is 0 Å². The van der Waals surface area contributed by atoms with Crippen molar-refractivity contribution < 1.29 is 0 Å². The fourth-order valence-electron chi connectivity index (χ4n) is 6.00. The highest BCUT2D eigenvalue weighted by Gasteiger charge is 2.89. The van der Waals surface area contributed by atoms with E-state index in [1.165, 1.54) is 32.1 Å². The van der Waals surface area contributed by atoms with Crippen molar-refractivity contribution in [2.75, 3.05) is 0 Å². The molecule has 4 rings (SSSR count). The Labute approximate surface area is 104 Å². The topological polar surface area (TPSA) is 0 Å². The molecule has 0 heteroatoms. The van der Waals surface area contributed by atoms with E-state index in [0.29, 0.717) is 10.8 Å². The van der Waals surface area contributed by atoms with Gasteiger partial charge in [-0.25, -0.2) is 0 Å². The van der Waals surface area contributed by atoms with Crippen LogP contribution in [-0.4, -0.2) is 0 Å². The predicted octanol–water partition coefficient (Wildman–Crippen LogP) is 4.76. The molecule has 1 aromatic carbocycles. The van der Waals surface area contributed by atoms with Gasteiger partial charge in [-0.05, 0) is 47.0 Å². The van der Waals surface area contributed by atoms with Crippen molar-refractivity contribution in [1.29, 1.82) is 0 Å². The first kappa shape index (κ1) is 10.2. The third-order valence-corrected chi connectivity index (χ3v) is 7.10. The van der Waals surface area contributed by atoms with Crippen LogP contribution in [0.2, 0.25) is 0 Å². The lowest BCUT2D eigenvalue weighted by atomic mass is 9.64. The van der Waals surface area contributed by atoms with Crippen molar-refractivity contribution >= 4 is 0 Å². The zero-order valence-corrected chi connectivity index (χ0v) is 11.0. The maximum Gasteiger partial charge on any atom is -0.00914 e. The quantitative estimate of drug-likeness (QED) is 0.647. The Balaban J connectivity index is 1.72. The van der Waals surface area contributed by atoms with Crippen LogP contribution in [0.1, 0.15) is 57.4 Å². The van der Waals surface area contributed by atoms with Crippen LogP contribution in [0, 0.1) is 16.2 Å². The second-order valence-corrected chi connectivity index (χ2v) is 6.99. The molecule has 1 spiro atoms. The molecule has 0 nitrogen and oxygen atoms in total. The lowest BCUT2D eigenvalue weighted by Gasteiger charge is -2.40. The summed E-state index contributed by atoms with van der Waals surface area (Å²) in [5, 5.41) is 0. The summed E-state index contributed by atoms with van der Waals surface area (Å²) >= 11 is 0. The molecule has 3 atom stereocenters. The minimum Gasteiger partial charge on any atom is -0.0622 e. The van der Waals surface area contributed by atoms with E-state index >= 15 is 0 Å². The highest BCUT2D eigenvalue weighted by atomic mass is 14.9. The van der Waals surface area contributed by atoms with Crippen LogP contribution >= 0.6 is 0 Å². The van der Waals surface area contributed by atoms with E-state index in [9.17, 15) is 0 Å². The van der Waals surface area contributed by atoms with Gasteiger partial charge in [-0.1, -0.05) is 57.0 Å². The maximum atomic E-state index is 2.58. The lowest BCUT2D eigenvalue weighted by Crippen LogP contribution is -2.30. The first-order valence-electron chi connectivity index (χ1n) is 7.21. The van der Waals surface area contributed by atoms with Gasteiger partial charge in [0.1, 0.15) is 0 Å². The summed E-state index contributed by atoms with van der Waals surface area (Å²) in [6, 6.07) is 11.2. The first-order valence-corrected chi connectivity index (χ1v) is 7.21. The Kier molecular flexibility index (Phi) is 1.67. The van der Waals surface area contributed by atoms with Gasteiger partial charge in [0.15, 0.2) is 0 Å². The highest BCUT2D eigenvalue weighted by Crippen LogP contribution is 2.96. The van der Waals surface area contributed by atoms with Crippen LogP contribution in [0.3, 0.4) is 0 Å². The van der Waals surface area contributed by atoms with Gasteiger partial charge < -0.3 is 0 Å². The molecule has 0 aliphatic heterocycles. The van der Waals surface area contributed by atoms with Gasteiger partial charge in [0, 0.05) is 0 Å². The van der Waals surface area contributed by atoms with Gasteiger partial charge in [-0.3, -0.25) is 0 Å². The second kappa shape index (κ2) is 2.79. The monoisotopic (exact) mass is 226 g/mol. The molecule has 90 valence electrons. The molecular weight excluding hydrogens is 204 g/mol. The summed E-state index contributed by atoms with van der Waals surface area (Å²) in [5.41, 5.74) is 3.62. The first-order chi connectivity index (χ1) is 8.16. The Morgan fingerprint density at radius 2 is 1.65 bits per heavy atom. The Hall–Kier alpha value is -0.780. The SMILES string of the molecule is CC12CC(c3ccccc3)C1(C)C21CCCC1. The van der Waals surface area contributed by atoms with Gasteiger partial charge in [-0.2, -0.15) is 0 Å². The van der Waals surface area contributed by atoms with Crippen molar-refractivity contribution in [2.24, 2.45) is 16.2 Å². The summed E-state index contributed by atoms with van der Waals surface area (Å²) < 4.78 is 0. The van der Waals surface area contributed by atoms with Crippen molar-refractivity contribution in [3.8, 4) is 0 Å². The van der Waals surface area contributed by atoms with Gasteiger partial charge in [0.05, 0.1) is 0 Å². The van der Waals surface area contributed by atoms with Crippen molar-refractivity contribution in [3.05, 3.63) is 35.9 Å². The lowest BCUT2D eigenvalue weighted by molar-refractivity contribution is 0.169. The van der Waals surface area contributed by atoms with E-state index in [-0.39, 0.29) is 0 Å². The fraction of sp³-hybridized carbons (Fsp3) is 0.647. The molecule has 0 N–H and O–H groups in total.